The molecule has 8 heteroatoms. The first kappa shape index (κ1) is 20.7. The molecule has 1 aromatic heterocycles. The molecule has 1 unspecified atom stereocenters. The number of anilines is 1. The van der Waals surface area contributed by atoms with Crippen LogP contribution in [-0.2, 0) is 4.79 Å². The summed E-state index contributed by atoms with van der Waals surface area (Å²) in [6.45, 7) is 5.83. The molecule has 0 spiro atoms. The van der Waals surface area contributed by atoms with Gasteiger partial charge in [-0.3, -0.25) is 9.32 Å². The summed E-state index contributed by atoms with van der Waals surface area (Å²) in [4.78, 5) is 25.1. The first-order valence-corrected chi connectivity index (χ1v) is 10.1. The number of methoxy groups -OCH3 is 1. The van der Waals surface area contributed by atoms with Gasteiger partial charge in [-0.05, 0) is 71.3 Å². The highest BCUT2D eigenvalue weighted by molar-refractivity contribution is 8.00. The van der Waals surface area contributed by atoms with Crippen molar-refractivity contribution in [2.24, 2.45) is 0 Å². The molecule has 7 nitrogen and oxygen atoms in total. The summed E-state index contributed by atoms with van der Waals surface area (Å²) in [7, 11) is 1.59. The molecule has 152 valence electrons. The molecule has 2 N–H and O–H groups in total. The summed E-state index contributed by atoms with van der Waals surface area (Å²) >= 11 is 1.17. The second-order valence-electron chi connectivity index (χ2n) is 6.64. The number of nitrogens with one attached hydrogen (secondary N) is 2. The van der Waals surface area contributed by atoms with Gasteiger partial charge in [-0.25, -0.2) is 4.79 Å². The number of thioether (sulfide) groups is 1. The van der Waals surface area contributed by atoms with Crippen molar-refractivity contribution in [3.8, 4) is 11.4 Å². The molecule has 3 aromatic rings. The number of H-pyrrole nitrogens is 1. The first-order valence-electron chi connectivity index (χ1n) is 9.25. The molecule has 0 fully saturated rings. The highest BCUT2D eigenvalue weighted by atomic mass is 32.2. The fourth-order valence-corrected chi connectivity index (χ4v) is 3.79. The van der Waals surface area contributed by atoms with Gasteiger partial charge in [0.05, 0.1) is 12.4 Å². The standard InChI is InChI=1S/C21H23N3O4S/c1-5-18(19(25)22-17-12-13(2)6-7-14(17)3)29-20-21(26)28-23-24(20)15-8-10-16(27-4)11-9-15/h6-12,18H,5H2,1-4H3,(H-,22,23,25,26)/p+1. The number of nitrogens with zero attached hydrogens (tertiary/aromatic N) is 1. The third-order valence-electron chi connectivity index (χ3n) is 4.51. The Labute approximate surface area is 173 Å². The van der Waals surface area contributed by atoms with E-state index in [9.17, 15) is 9.59 Å². The van der Waals surface area contributed by atoms with Crippen molar-refractivity contribution in [2.45, 2.75) is 37.5 Å². The molecular formula is C21H24N3O4S+. The highest BCUT2D eigenvalue weighted by Gasteiger charge is 2.30. The highest BCUT2D eigenvalue weighted by Crippen LogP contribution is 2.24. The minimum absolute atomic E-state index is 0.159. The van der Waals surface area contributed by atoms with E-state index in [1.807, 2.05) is 39.0 Å². The molecule has 0 radical (unpaired) electrons. The zero-order chi connectivity index (χ0) is 21.0. The number of aromatic amines is 1. The summed E-state index contributed by atoms with van der Waals surface area (Å²) in [5, 5.41) is 5.42. The average molecular weight is 415 g/mol. The van der Waals surface area contributed by atoms with Crippen molar-refractivity contribution >= 4 is 23.4 Å². The van der Waals surface area contributed by atoms with E-state index in [-0.39, 0.29) is 5.91 Å². The molecule has 0 aliphatic heterocycles. The molecule has 2 aromatic carbocycles. The van der Waals surface area contributed by atoms with Crippen molar-refractivity contribution in [1.82, 2.24) is 5.27 Å². The number of rotatable bonds is 7. The Morgan fingerprint density at radius 2 is 1.97 bits per heavy atom. The van der Waals surface area contributed by atoms with E-state index in [1.165, 1.54) is 16.4 Å². The second-order valence-corrected chi connectivity index (χ2v) is 7.83. The van der Waals surface area contributed by atoms with Crippen LogP contribution in [0.5, 0.6) is 5.75 Å². The van der Waals surface area contributed by atoms with Gasteiger partial charge >= 0.3 is 10.7 Å². The third-order valence-corrected chi connectivity index (χ3v) is 5.91. The summed E-state index contributed by atoms with van der Waals surface area (Å²) in [6, 6.07) is 13.1. The second kappa shape index (κ2) is 9.00. The minimum atomic E-state index is -0.524. The van der Waals surface area contributed by atoms with E-state index >= 15 is 0 Å². The zero-order valence-electron chi connectivity index (χ0n) is 16.8. The maximum atomic E-state index is 12.9. The van der Waals surface area contributed by atoms with Gasteiger partial charge in [0.1, 0.15) is 5.75 Å². The molecular weight excluding hydrogens is 390 g/mol. The quantitative estimate of drug-likeness (QED) is 0.457. The van der Waals surface area contributed by atoms with E-state index in [2.05, 4.69) is 10.6 Å². The van der Waals surface area contributed by atoms with Crippen molar-refractivity contribution in [1.29, 1.82) is 0 Å². The van der Waals surface area contributed by atoms with Gasteiger partial charge in [-0.2, -0.15) is 0 Å². The van der Waals surface area contributed by atoms with Crippen molar-refractivity contribution < 1.29 is 18.7 Å². The van der Waals surface area contributed by atoms with Crippen molar-refractivity contribution in [3.05, 3.63) is 64.0 Å². The Bertz CT molecular complexity index is 1060. The predicted octanol–water partition coefficient (Wildman–Crippen LogP) is 3.38. The van der Waals surface area contributed by atoms with Gasteiger partial charge in [-0.15, -0.1) is 0 Å². The van der Waals surface area contributed by atoms with Crippen LogP contribution in [0.3, 0.4) is 0 Å². The Morgan fingerprint density at radius 1 is 1.24 bits per heavy atom. The Hall–Kier alpha value is -3.00. The molecule has 1 heterocycles. The van der Waals surface area contributed by atoms with E-state index < -0.39 is 10.9 Å². The van der Waals surface area contributed by atoms with Crippen LogP contribution in [0.1, 0.15) is 24.5 Å². The monoisotopic (exact) mass is 414 g/mol. The lowest BCUT2D eigenvalue weighted by molar-refractivity contribution is -0.704. The van der Waals surface area contributed by atoms with Crippen LogP contribution in [0, 0.1) is 13.8 Å². The van der Waals surface area contributed by atoms with E-state index in [4.69, 9.17) is 9.26 Å². The van der Waals surface area contributed by atoms with Crippen molar-refractivity contribution in [2.75, 3.05) is 12.4 Å². The average Bonchev–Trinajstić information content (AvgIpc) is 3.09. The SMILES string of the molecule is CCC(Sc1c(=O)o[nH][n+]1-c1ccc(OC)cc1)C(=O)Nc1cc(C)ccc1C. The van der Waals surface area contributed by atoms with Crippen LogP contribution in [0.2, 0.25) is 0 Å². The topological polar surface area (TPSA) is 88.2 Å². The smallest absolute Gasteiger partial charge is 0.442 e. The van der Waals surface area contributed by atoms with Gasteiger partial charge in [0.2, 0.25) is 11.6 Å². The first-order chi connectivity index (χ1) is 13.9. The van der Waals surface area contributed by atoms with Crippen LogP contribution in [0.25, 0.3) is 5.69 Å². The van der Waals surface area contributed by atoms with Crippen LogP contribution >= 0.6 is 11.8 Å². The molecule has 1 amide bonds. The number of ether oxygens (including phenoxy) is 1. The van der Waals surface area contributed by atoms with Crippen LogP contribution in [0.4, 0.5) is 5.69 Å². The number of hydrogen-bond acceptors (Lipinski definition) is 5. The van der Waals surface area contributed by atoms with Crippen molar-refractivity contribution in [3.63, 3.8) is 0 Å². The maximum absolute atomic E-state index is 12.9. The predicted molar refractivity (Wildman–Crippen MR) is 112 cm³/mol. The lowest BCUT2D eigenvalue weighted by atomic mass is 10.1. The molecule has 29 heavy (non-hydrogen) atoms. The molecule has 0 saturated heterocycles. The summed E-state index contributed by atoms with van der Waals surface area (Å²) in [5.74, 6) is 0.543. The lowest BCUT2D eigenvalue weighted by Crippen LogP contribution is -2.37. The number of hydrogen-bond donors (Lipinski definition) is 2. The number of carbonyl (C=O) groups excluding carboxylic acids is 1. The Balaban J connectivity index is 1.83. The number of aromatic nitrogens is 2. The third kappa shape index (κ3) is 4.71. The Kier molecular flexibility index (Phi) is 6.43. The van der Waals surface area contributed by atoms with Crippen LogP contribution in [-0.4, -0.2) is 23.5 Å². The summed E-state index contributed by atoms with van der Waals surface area (Å²) in [5.41, 5.74) is 3.00. The van der Waals surface area contributed by atoms with Gasteiger partial charge in [0, 0.05) is 17.8 Å². The lowest BCUT2D eigenvalue weighted by Gasteiger charge is -2.14. The largest absolute Gasteiger partial charge is 0.497 e. The Morgan fingerprint density at radius 3 is 2.62 bits per heavy atom. The van der Waals surface area contributed by atoms with Gasteiger partial charge in [0.15, 0.2) is 0 Å². The molecule has 3 rings (SSSR count). The van der Waals surface area contributed by atoms with Gasteiger partial charge in [-0.1, -0.05) is 19.1 Å². The number of benzene rings is 2. The van der Waals surface area contributed by atoms with E-state index in [1.54, 1.807) is 31.4 Å². The molecule has 0 aliphatic carbocycles. The molecule has 0 bridgehead atoms. The minimum Gasteiger partial charge on any atom is -0.497 e. The molecule has 0 saturated carbocycles. The number of carbonyl (C=O) groups is 1. The van der Waals surface area contributed by atoms with Gasteiger partial charge < -0.3 is 10.1 Å². The van der Waals surface area contributed by atoms with Gasteiger partial charge in [0.25, 0.3) is 0 Å². The molecule has 1 atom stereocenters. The number of aryl methyl sites for hydroxylation is 2. The van der Waals surface area contributed by atoms with E-state index in [0.717, 1.165) is 16.8 Å². The molecule has 0 aliphatic rings. The van der Waals surface area contributed by atoms with Crippen LogP contribution < -0.4 is 20.4 Å². The summed E-state index contributed by atoms with van der Waals surface area (Å²) in [6.07, 6.45) is 0.550. The fraction of sp³-hybridized carbons (Fsp3) is 0.286. The van der Waals surface area contributed by atoms with Crippen LogP contribution in [0.15, 0.2) is 56.8 Å². The zero-order valence-corrected chi connectivity index (χ0v) is 17.6. The fourth-order valence-electron chi connectivity index (χ4n) is 2.81. The summed E-state index contributed by atoms with van der Waals surface area (Å²) < 4.78 is 11.7. The maximum Gasteiger partial charge on any atom is 0.442 e. The normalized spacial score (nSPS) is 11.9. The number of amides is 1. The van der Waals surface area contributed by atoms with E-state index in [0.29, 0.717) is 22.9 Å².